The predicted molar refractivity (Wildman–Crippen MR) is 117 cm³/mol. The van der Waals surface area contributed by atoms with Crippen LogP contribution in [0.4, 0.5) is 11.6 Å². The maximum Gasteiger partial charge on any atom is 0.308 e. The van der Waals surface area contributed by atoms with Gasteiger partial charge in [-0.15, -0.1) is 0 Å². The van der Waals surface area contributed by atoms with E-state index in [9.17, 15) is 9.90 Å². The summed E-state index contributed by atoms with van der Waals surface area (Å²) < 4.78 is 0. The Labute approximate surface area is 175 Å². The van der Waals surface area contributed by atoms with Gasteiger partial charge in [0.15, 0.2) is 5.82 Å². The van der Waals surface area contributed by atoms with Crippen molar-refractivity contribution in [1.82, 2.24) is 15.0 Å². The fourth-order valence-corrected chi connectivity index (χ4v) is 5.38. The first-order chi connectivity index (χ1) is 14.6. The van der Waals surface area contributed by atoms with Gasteiger partial charge in [-0.2, -0.15) is 0 Å². The average molecular weight is 406 g/mol. The molecule has 4 aliphatic carbocycles. The highest BCUT2D eigenvalue weighted by Gasteiger charge is 2.47. The molecule has 0 saturated heterocycles. The van der Waals surface area contributed by atoms with E-state index >= 15 is 0 Å². The van der Waals surface area contributed by atoms with Crippen molar-refractivity contribution in [2.75, 3.05) is 5.32 Å². The smallest absolute Gasteiger partial charge is 0.308 e. The third kappa shape index (κ3) is 3.22. The molecular weight excluding hydrogens is 378 g/mol. The molecule has 156 valence electrons. The fraction of sp³-hybridized carbons (Fsp3) is 0.478. The van der Waals surface area contributed by atoms with Crippen LogP contribution in [0.25, 0.3) is 17.5 Å². The predicted octanol–water partition coefficient (Wildman–Crippen LogP) is 4.63. The largest absolute Gasteiger partial charge is 0.481 e. The molecule has 3 N–H and O–H groups in total. The average Bonchev–Trinajstić information content (AvgIpc) is 3.53. The number of carboxylic acid groups (broad SMARTS) is 1. The topological polar surface area (TPSA) is 103 Å². The van der Waals surface area contributed by atoms with Gasteiger partial charge in [-0.05, 0) is 57.1 Å². The molecule has 0 aromatic carbocycles. The second-order valence-corrected chi connectivity index (χ2v) is 8.81. The van der Waals surface area contributed by atoms with Gasteiger partial charge < -0.3 is 15.4 Å². The van der Waals surface area contributed by atoms with E-state index in [0.29, 0.717) is 23.5 Å². The second kappa shape index (κ2) is 7.38. The summed E-state index contributed by atoms with van der Waals surface area (Å²) in [6.45, 7) is 7.50. The van der Waals surface area contributed by atoms with E-state index in [0.717, 1.165) is 61.2 Å². The SMILES string of the molecule is C=Cc1c(-c2nc(NC3C4CCC(CC4)C3C(=O)O)cc(C3CC3)n2)c[nH]c1N=C. The second-order valence-electron chi connectivity index (χ2n) is 8.81. The number of aromatic amines is 1. The standard InChI is InChI=1S/C23H27N5O2/c1-3-15-16(11-25-21(15)24-2)22-26-17(12-4-5-12)10-18(28-22)27-20-14-8-6-13(7-9-14)19(20)23(29)30/h3,10-14,19-20,25H,1-2,4-9H2,(H,29,30)(H,26,27,28). The molecule has 0 radical (unpaired) electrons. The lowest BCUT2D eigenvalue weighted by atomic mass is 9.61. The Kier molecular flexibility index (Phi) is 4.68. The molecule has 2 atom stereocenters. The first-order valence-electron chi connectivity index (χ1n) is 10.8. The van der Waals surface area contributed by atoms with Crippen molar-refractivity contribution in [3.63, 3.8) is 0 Å². The Hall–Kier alpha value is -2.96. The molecule has 2 unspecified atom stereocenters. The number of aliphatic carboxylic acids is 1. The van der Waals surface area contributed by atoms with Gasteiger partial charge >= 0.3 is 5.97 Å². The zero-order valence-corrected chi connectivity index (χ0v) is 17.0. The monoisotopic (exact) mass is 405 g/mol. The van der Waals surface area contributed by atoms with Gasteiger partial charge in [-0.25, -0.2) is 15.0 Å². The van der Waals surface area contributed by atoms with Crippen molar-refractivity contribution in [3.05, 3.63) is 30.1 Å². The zero-order chi connectivity index (χ0) is 20.8. The molecule has 4 saturated carbocycles. The van der Waals surface area contributed by atoms with Crippen molar-refractivity contribution in [3.8, 4) is 11.4 Å². The van der Waals surface area contributed by atoms with Gasteiger partial charge in [0.25, 0.3) is 0 Å². The number of nitrogens with one attached hydrogen (secondary N) is 2. The van der Waals surface area contributed by atoms with E-state index in [-0.39, 0.29) is 17.9 Å². The number of rotatable bonds is 7. The van der Waals surface area contributed by atoms with Crippen LogP contribution in [0, 0.1) is 17.8 Å². The first kappa shape index (κ1) is 19.0. The van der Waals surface area contributed by atoms with Gasteiger partial charge in [-0.3, -0.25) is 4.79 Å². The first-order valence-corrected chi connectivity index (χ1v) is 10.8. The number of nitrogens with zero attached hydrogens (tertiary/aromatic N) is 3. The van der Waals surface area contributed by atoms with Crippen LogP contribution >= 0.6 is 0 Å². The van der Waals surface area contributed by atoms with Crippen LogP contribution in [0.3, 0.4) is 0 Å². The van der Waals surface area contributed by atoms with Gasteiger partial charge in [0.2, 0.25) is 0 Å². The molecule has 30 heavy (non-hydrogen) atoms. The Morgan fingerprint density at radius 2 is 1.93 bits per heavy atom. The normalized spacial score (nSPS) is 27.6. The molecule has 4 aliphatic rings. The number of H-pyrrole nitrogens is 1. The molecule has 2 bridgehead atoms. The summed E-state index contributed by atoms with van der Waals surface area (Å²) in [5.74, 6) is 2.01. The summed E-state index contributed by atoms with van der Waals surface area (Å²) in [6, 6.07) is 1.93. The number of carbonyl (C=O) groups is 1. The summed E-state index contributed by atoms with van der Waals surface area (Å²) in [7, 11) is 0. The number of hydrogen-bond acceptors (Lipinski definition) is 5. The maximum absolute atomic E-state index is 12.0. The fourth-order valence-electron chi connectivity index (χ4n) is 5.38. The Morgan fingerprint density at radius 1 is 1.20 bits per heavy atom. The molecule has 0 aliphatic heterocycles. The number of carboxylic acids is 1. The van der Waals surface area contributed by atoms with E-state index in [2.05, 4.69) is 28.6 Å². The summed E-state index contributed by atoms with van der Waals surface area (Å²) in [5.41, 5.74) is 2.67. The summed E-state index contributed by atoms with van der Waals surface area (Å²) in [4.78, 5) is 28.8. The van der Waals surface area contributed by atoms with Crippen molar-refractivity contribution in [2.45, 2.75) is 50.5 Å². The molecule has 2 aromatic rings. The molecular formula is C23H27N5O2. The van der Waals surface area contributed by atoms with Crippen LogP contribution < -0.4 is 5.32 Å². The summed E-state index contributed by atoms with van der Waals surface area (Å²) in [5, 5.41) is 13.4. The van der Waals surface area contributed by atoms with Crippen LogP contribution in [0.1, 0.15) is 55.7 Å². The molecule has 0 spiro atoms. The minimum atomic E-state index is -0.695. The van der Waals surface area contributed by atoms with E-state index in [1.165, 1.54) is 0 Å². The lowest BCUT2D eigenvalue weighted by Crippen LogP contribution is -2.51. The highest BCUT2D eigenvalue weighted by atomic mass is 16.4. The van der Waals surface area contributed by atoms with Crippen molar-refractivity contribution in [1.29, 1.82) is 0 Å². The number of aliphatic imine (C=N–C) groups is 1. The minimum Gasteiger partial charge on any atom is -0.481 e. The molecule has 2 aromatic heterocycles. The Morgan fingerprint density at radius 3 is 2.57 bits per heavy atom. The minimum absolute atomic E-state index is 0.0831. The molecule has 7 nitrogen and oxygen atoms in total. The van der Waals surface area contributed by atoms with Gasteiger partial charge in [-0.1, -0.05) is 12.7 Å². The van der Waals surface area contributed by atoms with Crippen molar-refractivity contribution < 1.29 is 9.90 Å². The quantitative estimate of drug-likeness (QED) is 0.583. The van der Waals surface area contributed by atoms with E-state index in [1.807, 2.05) is 12.3 Å². The highest BCUT2D eigenvalue weighted by Crippen LogP contribution is 2.47. The molecule has 0 amide bonds. The lowest BCUT2D eigenvalue weighted by Gasteiger charge is -2.47. The number of aromatic nitrogens is 3. The van der Waals surface area contributed by atoms with Gasteiger partial charge in [0.05, 0.1) is 5.92 Å². The van der Waals surface area contributed by atoms with Crippen molar-refractivity contribution >= 4 is 30.4 Å². The molecule has 4 fully saturated rings. The molecule has 6 rings (SSSR count). The van der Waals surface area contributed by atoms with Crippen LogP contribution in [-0.2, 0) is 4.79 Å². The maximum atomic E-state index is 12.0. The number of hydrogen-bond donors (Lipinski definition) is 3. The van der Waals surface area contributed by atoms with Gasteiger partial charge in [0.1, 0.15) is 11.6 Å². The summed E-state index contributed by atoms with van der Waals surface area (Å²) >= 11 is 0. The van der Waals surface area contributed by atoms with Crippen LogP contribution in [0.5, 0.6) is 0 Å². The van der Waals surface area contributed by atoms with E-state index < -0.39 is 5.97 Å². The lowest BCUT2D eigenvalue weighted by molar-refractivity contribution is -0.148. The highest BCUT2D eigenvalue weighted by molar-refractivity contribution is 5.78. The number of anilines is 1. The number of fused-ring (bicyclic) bond motifs is 3. The van der Waals surface area contributed by atoms with Crippen LogP contribution in [-0.4, -0.2) is 38.8 Å². The van der Waals surface area contributed by atoms with Crippen LogP contribution in [0.2, 0.25) is 0 Å². The Bertz CT molecular complexity index is 1000. The summed E-state index contributed by atoms with van der Waals surface area (Å²) in [6.07, 6.45) is 10.0. The third-order valence-electron chi connectivity index (χ3n) is 7.06. The van der Waals surface area contributed by atoms with Crippen molar-refractivity contribution in [2.24, 2.45) is 22.7 Å². The molecule has 7 heteroatoms. The van der Waals surface area contributed by atoms with E-state index in [4.69, 9.17) is 9.97 Å². The van der Waals surface area contributed by atoms with Gasteiger partial charge in [0, 0.05) is 41.0 Å². The third-order valence-corrected chi connectivity index (χ3v) is 7.06. The molecule has 2 heterocycles. The Balaban J connectivity index is 1.53. The zero-order valence-electron chi connectivity index (χ0n) is 17.0. The van der Waals surface area contributed by atoms with Crippen LogP contribution in [0.15, 0.2) is 23.8 Å². The van der Waals surface area contributed by atoms with E-state index in [1.54, 1.807) is 6.08 Å².